The van der Waals surface area contributed by atoms with Crippen molar-refractivity contribution < 1.29 is 14.5 Å². The minimum absolute atomic E-state index is 0.141. The number of amides is 2. The number of hydrogen-bond acceptors (Lipinski definition) is 4. The zero-order valence-electron chi connectivity index (χ0n) is 16.1. The largest absolute Gasteiger partial charge is 0.319 e. The molecule has 0 aliphatic rings. The Balaban J connectivity index is 1.97. The van der Waals surface area contributed by atoms with Crippen LogP contribution in [0.1, 0.15) is 15.9 Å². The molecule has 3 rings (SSSR count). The van der Waals surface area contributed by atoms with Crippen molar-refractivity contribution >= 4 is 68.4 Å². The van der Waals surface area contributed by atoms with E-state index in [-0.39, 0.29) is 22.1 Å². The Labute approximate surface area is 201 Å². The minimum Gasteiger partial charge on any atom is -0.319 e. The van der Waals surface area contributed by atoms with E-state index in [1.807, 2.05) is 0 Å². The Morgan fingerprint density at radius 1 is 1.00 bits per heavy atom. The van der Waals surface area contributed by atoms with E-state index in [1.54, 1.807) is 36.4 Å². The summed E-state index contributed by atoms with van der Waals surface area (Å²) in [4.78, 5) is 36.3. The van der Waals surface area contributed by atoms with Gasteiger partial charge in [-0.2, -0.15) is 0 Å². The summed E-state index contributed by atoms with van der Waals surface area (Å²) in [6, 6.07) is 16.9. The molecule has 162 valence electrons. The van der Waals surface area contributed by atoms with Crippen LogP contribution in [0.3, 0.4) is 0 Å². The van der Waals surface area contributed by atoms with Gasteiger partial charge in [-0.1, -0.05) is 47.5 Å². The average molecular weight is 535 g/mol. The third-order valence-electron chi connectivity index (χ3n) is 4.18. The fourth-order valence-corrected chi connectivity index (χ4v) is 3.59. The third kappa shape index (κ3) is 5.94. The molecule has 0 bridgehead atoms. The van der Waals surface area contributed by atoms with Crippen LogP contribution < -0.4 is 10.6 Å². The highest BCUT2D eigenvalue weighted by molar-refractivity contribution is 9.10. The normalized spacial score (nSPS) is 11.0. The average Bonchev–Trinajstić information content (AvgIpc) is 2.75. The first kappa shape index (κ1) is 23.5. The molecule has 0 aliphatic heterocycles. The Bertz CT molecular complexity index is 1250. The van der Waals surface area contributed by atoms with Crippen LogP contribution in [0.15, 0.2) is 76.9 Å². The van der Waals surface area contributed by atoms with Crippen molar-refractivity contribution in [3.8, 4) is 0 Å². The summed E-state index contributed by atoms with van der Waals surface area (Å²) in [5.74, 6) is -1.23. The molecule has 0 fully saturated rings. The van der Waals surface area contributed by atoms with E-state index in [0.717, 1.165) is 0 Å². The molecule has 3 aromatic rings. The van der Waals surface area contributed by atoms with E-state index in [2.05, 4.69) is 26.6 Å². The van der Waals surface area contributed by atoms with Crippen molar-refractivity contribution in [2.24, 2.45) is 0 Å². The Hall–Kier alpha value is -3.20. The van der Waals surface area contributed by atoms with Gasteiger partial charge in [-0.25, -0.2) is 0 Å². The van der Waals surface area contributed by atoms with Gasteiger partial charge in [0.2, 0.25) is 0 Å². The predicted molar refractivity (Wildman–Crippen MR) is 128 cm³/mol. The maximum Gasteiger partial charge on any atom is 0.272 e. The zero-order chi connectivity index (χ0) is 23.3. The SMILES string of the molecule is O=C(Nc1ccc(Cl)cc1Cl)C(=Cc1cccc([N+](=O)[O-])c1)NC(=O)c1ccccc1Br. The first-order valence-electron chi connectivity index (χ1n) is 9.03. The van der Waals surface area contributed by atoms with Crippen LogP contribution in [0, 0.1) is 10.1 Å². The van der Waals surface area contributed by atoms with Crippen molar-refractivity contribution in [2.75, 3.05) is 5.32 Å². The Morgan fingerprint density at radius 2 is 1.75 bits per heavy atom. The monoisotopic (exact) mass is 533 g/mol. The van der Waals surface area contributed by atoms with Crippen LogP contribution >= 0.6 is 39.1 Å². The Morgan fingerprint density at radius 3 is 2.44 bits per heavy atom. The summed E-state index contributed by atoms with van der Waals surface area (Å²) in [7, 11) is 0. The van der Waals surface area contributed by atoms with Crippen LogP contribution in [-0.4, -0.2) is 16.7 Å². The van der Waals surface area contributed by atoms with Crippen molar-refractivity contribution in [3.05, 3.63) is 108 Å². The third-order valence-corrected chi connectivity index (χ3v) is 5.42. The minimum atomic E-state index is -0.680. The highest BCUT2D eigenvalue weighted by Gasteiger charge is 2.18. The molecule has 0 spiro atoms. The second kappa shape index (κ2) is 10.4. The first-order chi connectivity index (χ1) is 15.2. The van der Waals surface area contributed by atoms with Gasteiger partial charge in [-0.05, 0) is 57.9 Å². The number of carbonyl (C=O) groups excluding carboxylic acids is 2. The number of nitrogens with zero attached hydrogens (tertiary/aromatic N) is 1. The second-order valence-electron chi connectivity index (χ2n) is 6.42. The summed E-state index contributed by atoms with van der Waals surface area (Å²) in [6.07, 6.45) is 1.33. The highest BCUT2D eigenvalue weighted by atomic mass is 79.9. The standard InChI is InChI=1S/C22H14BrCl2N3O4/c23-17-7-2-1-6-16(17)21(29)27-20(11-13-4-3-5-15(10-13)28(31)32)22(30)26-19-9-8-14(24)12-18(19)25/h1-12H,(H,26,30)(H,27,29). The van der Waals surface area contributed by atoms with Crippen LogP contribution in [-0.2, 0) is 4.79 Å². The molecule has 0 aliphatic carbocycles. The van der Waals surface area contributed by atoms with E-state index in [4.69, 9.17) is 23.2 Å². The van der Waals surface area contributed by atoms with Gasteiger partial charge in [0, 0.05) is 21.6 Å². The van der Waals surface area contributed by atoms with Gasteiger partial charge in [-0.3, -0.25) is 19.7 Å². The Kier molecular flexibility index (Phi) is 7.63. The van der Waals surface area contributed by atoms with E-state index in [1.165, 1.54) is 36.4 Å². The fraction of sp³-hybridized carbons (Fsp3) is 0. The lowest BCUT2D eigenvalue weighted by Crippen LogP contribution is -2.31. The fourth-order valence-electron chi connectivity index (χ4n) is 2.67. The summed E-state index contributed by atoms with van der Waals surface area (Å²) in [5, 5.41) is 16.9. The molecule has 3 aromatic carbocycles. The molecule has 0 saturated heterocycles. The molecular weight excluding hydrogens is 521 g/mol. The van der Waals surface area contributed by atoms with Gasteiger partial charge in [0.15, 0.2) is 0 Å². The molecule has 2 amide bonds. The summed E-state index contributed by atoms with van der Waals surface area (Å²) in [5.41, 5.74) is 0.628. The van der Waals surface area contributed by atoms with Gasteiger partial charge >= 0.3 is 0 Å². The van der Waals surface area contributed by atoms with Gasteiger partial charge in [0.05, 0.1) is 21.2 Å². The maximum atomic E-state index is 13.0. The van der Waals surface area contributed by atoms with Crippen molar-refractivity contribution in [3.63, 3.8) is 0 Å². The lowest BCUT2D eigenvalue weighted by Gasteiger charge is -2.13. The number of nitro groups is 1. The van der Waals surface area contributed by atoms with Crippen molar-refractivity contribution in [2.45, 2.75) is 0 Å². The lowest BCUT2D eigenvalue weighted by atomic mass is 10.1. The van der Waals surface area contributed by atoms with E-state index >= 15 is 0 Å². The zero-order valence-corrected chi connectivity index (χ0v) is 19.2. The number of halogens is 3. The number of nitrogens with one attached hydrogen (secondary N) is 2. The molecule has 0 unspecified atom stereocenters. The molecule has 7 nitrogen and oxygen atoms in total. The van der Waals surface area contributed by atoms with Crippen molar-refractivity contribution in [1.29, 1.82) is 0 Å². The number of non-ortho nitro benzene ring substituents is 1. The predicted octanol–water partition coefficient (Wildman–Crippen LogP) is 6.07. The molecule has 10 heteroatoms. The van der Waals surface area contributed by atoms with Crippen LogP contribution in [0.2, 0.25) is 10.0 Å². The molecule has 2 N–H and O–H groups in total. The van der Waals surface area contributed by atoms with Gasteiger partial charge in [0.1, 0.15) is 5.70 Å². The number of rotatable bonds is 6. The summed E-state index contributed by atoms with van der Waals surface area (Å²) in [6.45, 7) is 0. The topological polar surface area (TPSA) is 101 Å². The van der Waals surface area contributed by atoms with E-state index in [9.17, 15) is 19.7 Å². The summed E-state index contributed by atoms with van der Waals surface area (Å²) >= 11 is 15.3. The van der Waals surface area contributed by atoms with Gasteiger partial charge in [0.25, 0.3) is 17.5 Å². The molecule has 32 heavy (non-hydrogen) atoms. The van der Waals surface area contributed by atoms with Gasteiger partial charge in [-0.15, -0.1) is 0 Å². The lowest BCUT2D eigenvalue weighted by molar-refractivity contribution is -0.384. The number of anilines is 1. The number of benzene rings is 3. The molecule has 0 atom stereocenters. The smallest absolute Gasteiger partial charge is 0.272 e. The molecular formula is C22H14BrCl2N3O4. The van der Waals surface area contributed by atoms with Gasteiger partial charge < -0.3 is 10.6 Å². The summed E-state index contributed by atoms with van der Waals surface area (Å²) < 4.78 is 0.536. The number of carbonyl (C=O) groups is 2. The van der Waals surface area contributed by atoms with Crippen molar-refractivity contribution in [1.82, 2.24) is 5.32 Å². The quantitative estimate of drug-likeness (QED) is 0.227. The maximum absolute atomic E-state index is 13.0. The number of nitro benzene ring substituents is 1. The van der Waals surface area contributed by atoms with Crippen LogP contribution in [0.25, 0.3) is 6.08 Å². The highest BCUT2D eigenvalue weighted by Crippen LogP contribution is 2.26. The molecule has 0 saturated carbocycles. The van der Waals surface area contributed by atoms with Crippen LogP contribution in [0.5, 0.6) is 0 Å². The second-order valence-corrected chi connectivity index (χ2v) is 8.12. The molecule has 0 heterocycles. The molecule has 0 aromatic heterocycles. The van der Waals surface area contributed by atoms with Crippen LogP contribution in [0.4, 0.5) is 11.4 Å². The molecule has 0 radical (unpaired) electrons. The van der Waals surface area contributed by atoms with E-state index < -0.39 is 16.7 Å². The number of hydrogen-bond donors (Lipinski definition) is 2. The first-order valence-corrected chi connectivity index (χ1v) is 10.6. The van der Waals surface area contributed by atoms with E-state index in [0.29, 0.717) is 20.6 Å².